The summed E-state index contributed by atoms with van der Waals surface area (Å²) in [7, 11) is 2.10. The average molecular weight is 292 g/mol. The molecule has 4 nitrogen and oxygen atoms in total. The highest BCUT2D eigenvalue weighted by Gasteiger charge is 2.16. The summed E-state index contributed by atoms with van der Waals surface area (Å²) in [4.78, 5) is 13.7. The lowest BCUT2D eigenvalue weighted by Gasteiger charge is -2.25. The van der Waals surface area contributed by atoms with Crippen LogP contribution < -0.4 is 5.73 Å². The third-order valence-corrected chi connectivity index (χ3v) is 4.36. The lowest BCUT2D eigenvalue weighted by molar-refractivity contribution is 0.217. The quantitative estimate of drug-likeness (QED) is 0.942. The van der Waals surface area contributed by atoms with Crippen LogP contribution in [-0.4, -0.2) is 28.5 Å². The van der Waals surface area contributed by atoms with Gasteiger partial charge in [-0.25, -0.2) is 9.97 Å². The normalized spacial score (nSPS) is 12.6. The molecule has 0 atom stereocenters. The van der Waals surface area contributed by atoms with Crippen LogP contribution >= 0.6 is 11.3 Å². The molecular formula is C15H24N4S. The second-order valence-electron chi connectivity index (χ2n) is 6.72. The molecule has 110 valence electrons. The summed E-state index contributed by atoms with van der Waals surface area (Å²) in [5, 5.41) is 1.02. The number of nitrogens with two attached hydrogens (primary N) is 1. The van der Waals surface area contributed by atoms with E-state index in [1.807, 2.05) is 0 Å². The number of nitrogen functional groups attached to an aromatic ring is 1. The lowest BCUT2D eigenvalue weighted by Crippen LogP contribution is -2.29. The molecule has 5 heteroatoms. The van der Waals surface area contributed by atoms with Crippen molar-refractivity contribution in [3.05, 3.63) is 16.3 Å². The molecular weight excluding hydrogens is 268 g/mol. The Labute approximate surface area is 125 Å². The van der Waals surface area contributed by atoms with E-state index in [1.54, 1.807) is 11.3 Å². The van der Waals surface area contributed by atoms with Gasteiger partial charge in [-0.2, -0.15) is 0 Å². The number of anilines is 1. The summed E-state index contributed by atoms with van der Waals surface area (Å²) >= 11 is 1.70. The van der Waals surface area contributed by atoms with Crippen molar-refractivity contribution in [2.75, 3.05) is 19.3 Å². The molecule has 2 N–H and O–H groups in total. The highest BCUT2D eigenvalue weighted by Crippen LogP contribution is 2.32. The molecule has 0 aromatic carbocycles. The van der Waals surface area contributed by atoms with Crippen LogP contribution in [0.25, 0.3) is 10.2 Å². The number of aromatic nitrogens is 2. The fraction of sp³-hybridized carbons (Fsp3) is 0.600. The topological polar surface area (TPSA) is 55.0 Å². The zero-order chi connectivity index (χ0) is 15.1. The van der Waals surface area contributed by atoms with Crippen LogP contribution in [0.15, 0.2) is 0 Å². The largest absolute Gasteiger partial charge is 0.383 e. The Morgan fingerprint density at radius 3 is 2.45 bits per heavy atom. The van der Waals surface area contributed by atoms with Crippen molar-refractivity contribution in [3.63, 3.8) is 0 Å². The van der Waals surface area contributed by atoms with Crippen LogP contribution in [0, 0.1) is 19.3 Å². The molecule has 0 amide bonds. The van der Waals surface area contributed by atoms with Crippen molar-refractivity contribution in [1.82, 2.24) is 14.9 Å². The maximum atomic E-state index is 6.11. The van der Waals surface area contributed by atoms with Gasteiger partial charge in [-0.05, 0) is 31.9 Å². The van der Waals surface area contributed by atoms with Gasteiger partial charge >= 0.3 is 0 Å². The summed E-state index contributed by atoms with van der Waals surface area (Å²) in [5.41, 5.74) is 7.58. The molecule has 0 aliphatic heterocycles. The standard InChI is InChI=1S/C15H24N4S/c1-9-10(2)20-14-12(9)13(16)17-11(18-14)7-19(6)8-15(3,4)5/h7-8H2,1-6H3,(H2,16,17,18). The Bertz CT molecular complexity index is 625. The Hall–Kier alpha value is -1.20. The fourth-order valence-corrected chi connectivity index (χ4v) is 3.56. The van der Waals surface area contributed by atoms with E-state index in [2.05, 4.69) is 56.5 Å². The Morgan fingerprint density at radius 2 is 1.85 bits per heavy atom. The van der Waals surface area contributed by atoms with Gasteiger partial charge in [0.25, 0.3) is 0 Å². The molecule has 2 aromatic heterocycles. The number of nitrogens with zero attached hydrogens (tertiary/aromatic N) is 3. The van der Waals surface area contributed by atoms with E-state index >= 15 is 0 Å². The van der Waals surface area contributed by atoms with E-state index in [4.69, 9.17) is 5.73 Å². The lowest BCUT2D eigenvalue weighted by atomic mass is 9.96. The average Bonchev–Trinajstić information content (AvgIpc) is 2.51. The number of fused-ring (bicyclic) bond motifs is 1. The maximum absolute atomic E-state index is 6.11. The molecule has 0 spiro atoms. The maximum Gasteiger partial charge on any atom is 0.146 e. The van der Waals surface area contributed by atoms with Crippen LogP contribution in [0.5, 0.6) is 0 Å². The first-order valence-corrected chi connectivity index (χ1v) is 7.69. The van der Waals surface area contributed by atoms with E-state index in [9.17, 15) is 0 Å². The summed E-state index contributed by atoms with van der Waals surface area (Å²) in [5.74, 6) is 1.42. The highest BCUT2D eigenvalue weighted by molar-refractivity contribution is 7.18. The van der Waals surface area contributed by atoms with Crippen molar-refractivity contribution in [2.24, 2.45) is 5.41 Å². The minimum atomic E-state index is 0.264. The van der Waals surface area contributed by atoms with Crippen molar-refractivity contribution >= 4 is 27.4 Å². The zero-order valence-electron chi connectivity index (χ0n) is 13.2. The van der Waals surface area contributed by atoms with Crippen LogP contribution in [0.4, 0.5) is 5.82 Å². The summed E-state index contributed by atoms with van der Waals surface area (Å²) in [6.07, 6.45) is 0. The van der Waals surface area contributed by atoms with Crippen LogP contribution in [0.2, 0.25) is 0 Å². The first-order chi connectivity index (χ1) is 9.17. The number of thiophene rings is 1. The predicted molar refractivity (Wildman–Crippen MR) is 87.1 cm³/mol. The molecule has 2 rings (SSSR count). The number of rotatable bonds is 3. The molecule has 0 bridgehead atoms. The van der Waals surface area contributed by atoms with Gasteiger partial charge in [-0.1, -0.05) is 20.8 Å². The molecule has 2 aromatic rings. The van der Waals surface area contributed by atoms with Crippen molar-refractivity contribution in [2.45, 2.75) is 41.2 Å². The van der Waals surface area contributed by atoms with E-state index < -0.39 is 0 Å². The monoisotopic (exact) mass is 292 g/mol. The molecule has 0 saturated carbocycles. The van der Waals surface area contributed by atoms with Gasteiger partial charge in [0.05, 0.1) is 11.9 Å². The first-order valence-electron chi connectivity index (χ1n) is 6.88. The third kappa shape index (κ3) is 3.27. The van der Waals surface area contributed by atoms with Gasteiger partial charge < -0.3 is 5.73 Å². The van der Waals surface area contributed by atoms with E-state index in [1.165, 1.54) is 10.4 Å². The zero-order valence-corrected chi connectivity index (χ0v) is 14.1. The van der Waals surface area contributed by atoms with E-state index in [0.717, 1.165) is 29.1 Å². The van der Waals surface area contributed by atoms with Crippen LogP contribution in [-0.2, 0) is 6.54 Å². The van der Waals surface area contributed by atoms with Gasteiger partial charge in [-0.15, -0.1) is 11.3 Å². The third-order valence-electron chi connectivity index (χ3n) is 3.26. The van der Waals surface area contributed by atoms with Crippen molar-refractivity contribution in [3.8, 4) is 0 Å². The van der Waals surface area contributed by atoms with Gasteiger partial charge in [0, 0.05) is 11.4 Å². The Kier molecular flexibility index (Phi) is 4.02. The highest BCUT2D eigenvalue weighted by atomic mass is 32.1. The molecule has 0 radical (unpaired) electrons. The molecule has 0 saturated heterocycles. The smallest absolute Gasteiger partial charge is 0.146 e. The molecule has 0 unspecified atom stereocenters. The Morgan fingerprint density at radius 1 is 1.20 bits per heavy atom. The van der Waals surface area contributed by atoms with Crippen LogP contribution in [0.3, 0.4) is 0 Å². The van der Waals surface area contributed by atoms with Gasteiger partial charge in [0.1, 0.15) is 16.5 Å². The van der Waals surface area contributed by atoms with Gasteiger partial charge in [0.15, 0.2) is 0 Å². The van der Waals surface area contributed by atoms with E-state index in [-0.39, 0.29) is 5.41 Å². The molecule has 2 heterocycles. The second-order valence-corrected chi connectivity index (χ2v) is 7.92. The minimum absolute atomic E-state index is 0.264. The number of hydrogen-bond acceptors (Lipinski definition) is 5. The van der Waals surface area contributed by atoms with Crippen LogP contribution in [0.1, 0.15) is 37.0 Å². The summed E-state index contributed by atoms with van der Waals surface area (Å²) in [6, 6.07) is 0. The molecule has 0 fully saturated rings. The van der Waals surface area contributed by atoms with Gasteiger partial charge in [0.2, 0.25) is 0 Å². The predicted octanol–water partition coefficient (Wildman–Crippen LogP) is 3.37. The SMILES string of the molecule is Cc1sc2nc(CN(C)CC(C)(C)C)nc(N)c2c1C. The Balaban J connectivity index is 2.28. The molecule has 0 aliphatic rings. The molecule has 0 aliphatic carbocycles. The molecule has 20 heavy (non-hydrogen) atoms. The van der Waals surface area contributed by atoms with Crippen molar-refractivity contribution < 1.29 is 0 Å². The second kappa shape index (κ2) is 5.30. The summed E-state index contributed by atoms with van der Waals surface area (Å²) < 4.78 is 0. The summed E-state index contributed by atoms with van der Waals surface area (Å²) in [6.45, 7) is 12.6. The fourth-order valence-electron chi connectivity index (χ4n) is 2.50. The number of aryl methyl sites for hydroxylation is 2. The number of hydrogen-bond donors (Lipinski definition) is 1. The minimum Gasteiger partial charge on any atom is -0.383 e. The van der Waals surface area contributed by atoms with Gasteiger partial charge in [-0.3, -0.25) is 4.90 Å². The first kappa shape index (κ1) is 15.2. The van der Waals surface area contributed by atoms with Crippen molar-refractivity contribution in [1.29, 1.82) is 0 Å². The van der Waals surface area contributed by atoms with E-state index in [0.29, 0.717) is 5.82 Å².